The van der Waals surface area contributed by atoms with Crippen molar-refractivity contribution in [1.29, 1.82) is 0 Å². The first-order chi connectivity index (χ1) is 10.0. The van der Waals surface area contributed by atoms with Gasteiger partial charge in [0, 0.05) is 17.6 Å². The molecule has 1 aliphatic rings. The van der Waals surface area contributed by atoms with E-state index in [9.17, 15) is 4.79 Å². The summed E-state index contributed by atoms with van der Waals surface area (Å²) in [6.07, 6.45) is 1.97. The Hall–Kier alpha value is -1.55. The van der Waals surface area contributed by atoms with Gasteiger partial charge in [0.15, 0.2) is 0 Å². The van der Waals surface area contributed by atoms with E-state index in [0.717, 1.165) is 25.1 Å². The summed E-state index contributed by atoms with van der Waals surface area (Å²) >= 11 is 0. The van der Waals surface area contributed by atoms with Gasteiger partial charge in [-0.15, -0.1) is 0 Å². The molecule has 2 rings (SSSR count). The first-order valence-corrected chi connectivity index (χ1v) is 7.81. The van der Waals surface area contributed by atoms with E-state index in [-0.39, 0.29) is 11.9 Å². The second-order valence-corrected chi connectivity index (χ2v) is 6.28. The number of benzene rings is 1. The normalized spacial score (nSPS) is 22.1. The fourth-order valence-electron chi connectivity index (χ4n) is 2.52. The van der Waals surface area contributed by atoms with Crippen LogP contribution in [0.4, 0.5) is 0 Å². The number of carbonyl (C=O) groups excluding carboxylic acids is 1. The molecular formula is C17H26N2O2. The number of carbonyl (C=O) groups is 1. The van der Waals surface area contributed by atoms with Crippen LogP contribution in [-0.2, 0) is 0 Å². The number of hydrogen-bond acceptors (Lipinski definition) is 3. The molecule has 2 N–H and O–H groups in total. The van der Waals surface area contributed by atoms with E-state index in [2.05, 4.69) is 31.4 Å². The SMILES string of the molecule is CC(C)COc1cccc(C(=O)NC2CCNC(C)C2)c1. The van der Waals surface area contributed by atoms with Crippen molar-refractivity contribution in [3.8, 4) is 5.75 Å². The van der Waals surface area contributed by atoms with Gasteiger partial charge in [0.05, 0.1) is 6.61 Å². The van der Waals surface area contributed by atoms with Gasteiger partial charge in [-0.3, -0.25) is 4.79 Å². The van der Waals surface area contributed by atoms with Gasteiger partial charge in [-0.25, -0.2) is 0 Å². The molecule has 0 saturated carbocycles. The van der Waals surface area contributed by atoms with Crippen molar-refractivity contribution in [2.45, 2.75) is 45.7 Å². The maximum atomic E-state index is 12.3. The molecule has 1 saturated heterocycles. The van der Waals surface area contributed by atoms with Crippen molar-refractivity contribution >= 4 is 5.91 Å². The molecule has 1 aliphatic heterocycles. The average molecular weight is 290 g/mol. The predicted molar refractivity (Wildman–Crippen MR) is 84.7 cm³/mol. The Morgan fingerprint density at radius 1 is 1.48 bits per heavy atom. The van der Waals surface area contributed by atoms with E-state index in [1.54, 1.807) is 0 Å². The molecule has 1 aromatic carbocycles. The predicted octanol–water partition coefficient (Wildman–Crippen LogP) is 2.59. The largest absolute Gasteiger partial charge is 0.493 e. The highest BCUT2D eigenvalue weighted by Crippen LogP contribution is 2.15. The van der Waals surface area contributed by atoms with Crippen LogP contribution in [-0.4, -0.2) is 31.1 Å². The molecule has 0 radical (unpaired) electrons. The smallest absolute Gasteiger partial charge is 0.251 e. The van der Waals surface area contributed by atoms with Crippen LogP contribution in [0.2, 0.25) is 0 Å². The third-order valence-corrected chi connectivity index (χ3v) is 3.64. The van der Waals surface area contributed by atoms with Gasteiger partial charge in [-0.1, -0.05) is 19.9 Å². The van der Waals surface area contributed by atoms with Gasteiger partial charge in [0.1, 0.15) is 5.75 Å². The van der Waals surface area contributed by atoms with E-state index in [1.807, 2.05) is 24.3 Å². The molecule has 0 aliphatic carbocycles. The first kappa shape index (κ1) is 15.8. The van der Waals surface area contributed by atoms with Crippen molar-refractivity contribution in [1.82, 2.24) is 10.6 Å². The van der Waals surface area contributed by atoms with Crippen LogP contribution in [0.15, 0.2) is 24.3 Å². The first-order valence-electron chi connectivity index (χ1n) is 7.81. The van der Waals surface area contributed by atoms with Gasteiger partial charge in [0.2, 0.25) is 0 Å². The molecule has 0 aromatic heterocycles. The van der Waals surface area contributed by atoms with Crippen molar-refractivity contribution in [2.75, 3.05) is 13.2 Å². The molecule has 4 heteroatoms. The summed E-state index contributed by atoms with van der Waals surface area (Å²) in [5, 5.41) is 6.51. The van der Waals surface area contributed by atoms with Crippen molar-refractivity contribution in [2.24, 2.45) is 5.92 Å². The van der Waals surface area contributed by atoms with E-state index in [0.29, 0.717) is 24.1 Å². The lowest BCUT2D eigenvalue weighted by Crippen LogP contribution is -2.46. The fraction of sp³-hybridized carbons (Fsp3) is 0.588. The third kappa shape index (κ3) is 5.05. The number of ether oxygens (including phenoxy) is 1. The van der Waals surface area contributed by atoms with Gasteiger partial charge in [-0.2, -0.15) is 0 Å². The van der Waals surface area contributed by atoms with Crippen molar-refractivity contribution in [3.05, 3.63) is 29.8 Å². The summed E-state index contributed by atoms with van der Waals surface area (Å²) in [6, 6.07) is 8.14. The zero-order valence-electron chi connectivity index (χ0n) is 13.2. The lowest BCUT2D eigenvalue weighted by Gasteiger charge is -2.28. The molecule has 1 aromatic rings. The van der Waals surface area contributed by atoms with E-state index in [1.165, 1.54) is 0 Å². The summed E-state index contributed by atoms with van der Waals surface area (Å²) in [5.74, 6) is 1.22. The maximum Gasteiger partial charge on any atom is 0.251 e. The molecule has 21 heavy (non-hydrogen) atoms. The highest BCUT2D eigenvalue weighted by atomic mass is 16.5. The highest BCUT2D eigenvalue weighted by molar-refractivity contribution is 5.94. The quantitative estimate of drug-likeness (QED) is 0.876. The Bertz CT molecular complexity index is 474. The Balaban J connectivity index is 1.93. The Kier molecular flexibility index (Phi) is 5.62. The molecule has 4 nitrogen and oxygen atoms in total. The Morgan fingerprint density at radius 2 is 2.29 bits per heavy atom. The number of nitrogens with one attached hydrogen (secondary N) is 2. The summed E-state index contributed by atoms with van der Waals surface area (Å²) < 4.78 is 5.68. The van der Waals surface area contributed by atoms with E-state index < -0.39 is 0 Å². The second-order valence-electron chi connectivity index (χ2n) is 6.28. The molecule has 1 amide bonds. The van der Waals surface area contributed by atoms with Crippen LogP contribution >= 0.6 is 0 Å². The minimum Gasteiger partial charge on any atom is -0.493 e. The molecule has 116 valence electrons. The highest BCUT2D eigenvalue weighted by Gasteiger charge is 2.20. The zero-order chi connectivity index (χ0) is 15.2. The molecule has 1 fully saturated rings. The number of hydrogen-bond donors (Lipinski definition) is 2. The molecule has 1 heterocycles. The molecule has 0 bridgehead atoms. The van der Waals surface area contributed by atoms with Crippen molar-refractivity contribution < 1.29 is 9.53 Å². The lowest BCUT2D eigenvalue weighted by molar-refractivity contribution is 0.0925. The van der Waals surface area contributed by atoms with Crippen LogP contribution < -0.4 is 15.4 Å². The molecule has 2 atom stereocenters. The average Bonchev–Trinajstić information content (AvgIpc) is 2.45. The Labute approximate surface area is 127 Å². The summed E-state index contributed by atoms with van der Waals surface area (Å²) in [7, 11) is 0. The van der Waals surface area contributed by atoms with Crippen LogP contribution in [0.1, 0.15) is 44.0 Å². The topological polar surface area (TPSA) is 50.4 Å². The van der Waals surface area contributed by atoms with Crippen LogP contribution in [0.3, 0.4) is 0 Å². The van der Waals surface area contributed by atoms with Crippen molar-refractivity contribution in [3.63, 3.8) is 0 Å². The Morgan fingerprint density at radius 3 is 3.00 bits per heavy atom. The van der Waals surface area contributed by atoms with Gasteiger partial charge in [0.25, 0.3) is 5.91 Å². The number of rotatable bonds is 5. The van der Waals surface area contributed by atoms with Gasteiger partial charge < -0.3 is 15.4 Å². The zero-order valence-corrected chi connectivity index (χ0v) is 13.2. The lowest BCUT2D eigenvalue weighted by atomic mass is 10.0. The standard InChI is InChI=1S/C17H26N2O2/c1-12(2)11-21-16-6-4-5-14(10-16)17(20)19-15-7-8-18-13(3)9-15/h4-6,10,12-13,15,18H,7-9,11H2,1-3H3,(H,19,20). The van der Waals surface area contributed by atoms with E-state index in [4.69, 9.17) is 4.74 Å². The minimum absolute atomic E-state index is 0.0101. The van der Waals surface area contributed by atoms with Crippen LogP contribution in [0.25, 0.3) is 0 Å². The summed E-state index contributed by atoms with van der Waals surface area (Å²) in [6.45, 7) is 7.99. The summed E-state index contributed by atoms with van der Waals surface area (Å²) in [4.78, 5) is 12.3. The molecule has 0 spiro atoms. The van der Waals surface area contributed by atoms with Crippen LogP contribution in [0.5, 0.6) is 5.75 Å². The maximum absolute atomic E-state index is 12.3. The summed E-state index contributed by atoms with van der Waals surface area (Å²) in [5.41, 5.74) is 0.669. The fourth-order valence-corrected chi connectivity index (χ4v) is 2.52. The number of amides is 1. The van der Waals surface area contributed by atoms with Gasteiger partial charge in [-0.05, 0) is 50.4 Å². The second kappa shape index (κ2) is 7.46. The monoisotopic (exact) mass is 290 g/mol. The minimum atomic E-state index is -0.0101. The molecule has 2 unspecified atom stereocenters. The van der Waals surface area contributed by atoms with Crippen LogP contribution in [0, 0.1) is 5.92 Å². The van der Waals surface area contributed by atoms with E-state index >= 15 is 0 Å². The third-order valence-electron chi connectivity index (χ3n) is 3.64. The van der Waals surface area contributed by atoms with Gasteiger partial charge >= 0.3 is 0 Å². The molecular weight excluding hydrogens is 264 g/mol. The number of piperidine rings is 1.